The van der Waals surface area contributed by atoms with Crippen molar-refractivity contribution in [2.75, 3.05) is 0 Å². The number of nitrogens with zero attached hydrogens (tertiary/aromatic N) is 1. The molecule has 0 aromatic heterocycles. The maximum Gasteiger partial charge on any atom is 0.116 e. The second-order valence-corrected chi connectivity index (χ2v) is 1.18. The van der Waals surface area contributed by atoms with Crippen molar-refractivity contribution < 1.29 is 0 Å². The highest BCUT2D eigenvalue weighted by atomic mass is 14.6. The van der Waals surface area contributed by atoms with E-state index in [0.29, 0.717) is 5.70 Å². The van der Waals surface area contributed by atoms with Crippen molar-refractivity contribution in [1.82, 2.24) is 0 Å². The van der Waals surface area contributed by atoms with E-state index in [4.69, 9.17) is 11.0 Å². The van der Waals surface area contributed by atoms with Gasteiger partial charge in [-0.05, 0) is 6.42 Å². The molecule has 0 saturated heterocycles. The molecule has 2 N–H and O–H groups in total. The lowest BCUT2D eigenvalue weighted by Gasteiger charge is -1.78. The first-order valence-electron chi connectivity index (χ1n) is 2.17. The van der Waals surface area contributed by atoms with Gasteiger partial charge in [0.05, 0.1) is 0 Å². The number of allylic oxidation sites excluding steroid dienone is 2. The summed E-state index contributed by atoms with van der Waals surface area (Å²) in [4.78, 5) is 0. The predicted octanol–water partition coefficient (Wildman–Crippen LogP) is 0.763. The van der Waals surface area contributed by atoms with Gasteiger partial charge >= 0.3 is 0 Å². The minimum Gasteiger partial charge on any atom is -0.390 e. The molecular weight excluding hydrogens is 88.1 g/mol. The van der Waals surface area contributed by atoms with E-state index in [1.54, 1.807) is 12.1 Å². The summed E-state index contributed by atoms with van der Waals surface area (Å²) in [6.45, 7) is 1.93. The SMILES string of the molecule is CC/C=C(\N)C#N. The van der Waals surface area contributed by atoms with E-state index < -0.39 is 0 Å². The predicted molar refractivity (Wildman–Crippen MR) is 28.2 cm³/mol. The Morgan fingerprint density at radius 2 is 2.57 bits per heavy atom. The topological polar surface area (TPSA) is 49.8 Å². The second kappa shape index (κ2) is 3.23. The summed E-state index contributed by atoms with van der Waals surface area (Å²) < 4.78 is 0. The molecule has 38 valence electrons. The highest BCUT2D eigenvalue weighted by Gasteiger charge is 1.76. The van der Waals surface area contributed by atoms with Crippen LogP contribution >= 0.6 is 0 Å². The van der Waals surface area contributed by atoms with Crippen LogP contribution in [0, 0.1) is 11.3 Å². The van der Waals surface area contributed by atoms with E-state index >= 15 is 0 Å². The molecule has 2 nitrogen and oxygen atoms in total. The Kier molecular flexibility index (Phi) is 2.78. The summed E-state index contributed by atoms with van der Waals surface area (Å²) in [5.41, 5.74) is 5.39. The molecule has 7 heavy (non-hydrogen) atoms. The summed E-state index contributed by atoms with van der Waals surface area (Å²) in [6, 6.07) is 1.80. The molecule has 0 rings (SSSR count). The number of nitriles is 1. The van der Waals surface area contributed by atoms with Crippen molar-refractivity contribution in [1.29, 1.82) is 5.26 Å². The van der Waals surface area contributed by atoms with Crippen LogP contribution in [0.15, 0.2) is 11.8 Å². The van der Waals surface area contributed by atoms with Gasteiger partial charge in [0.1, 0.15) is 11.8 Å². The van der Waals surface area contributed by atoms with Gasteiger partial charge in [-0.2, -0.15) is 5.26 Å². The van der Waals surface area contributed by atoms with Crippen molar-refractivity contribution in [2.45, 2.75) is 13.3 Å². The van der Waals surface area contributed by atoms with Gasteiger partial charge in [0.25, 0.3) is 0 Å². The van der Waals surface area contributed by atoms with Crippen LogP contribution in [0.4, 0.5) is 0 Å². The van der Waals surface area contributed by atoms with Crippen LogP contribution in [-0.4, -0.2) is 0 Å². The van der Waals surface area contributed by atoms with Crippen LogP contribution in [0.1, 0.15) is 13.3 Å². The summed E-state index contributed by atoms with van der Waals surface area (Å²) >= 11 is 0. The highest BCUT2D eigenvalue weighted by molar-refractivity contribution is 5.15. The van der Waals surface area contributed by atoms with Gasteiger partial charge in [0.2, 0.25) is 0 Å². The molecule has 0 bridgehead atoms. The van der Waals surface area contributed by atoms with E-state index in [1.165, 1.54) is 0 Å². The smallest absolute Gasteiger partial charge is 0.116 e. The zero-order valence-electron chi connectivity index (χ0n) is 4.31. The van der Waals surface area contributed by atoms with Crippen LogP contribution < -0.4 is 5.73 Å². The van der Waals surface area contributed by atoms with Gasteiger partial charge in [-0.25, -0.2) is 0 Å². The maximum absolute atomic E-state index is 8.02. The first kappa shape index (κ1) is 6.03. The summed E-state index contributed by atoms with van der Waals surface area (Å²) in [5.74, 6) is 0. The fourth-order valence-electron chi connectivity index (χ4n) is 0.266. The minimum absolute atomic E-state index is 0.308. The third-order valence-electron chi connectivity index (χ3n) is 0.553. The molecule has 0 aliphatic heterocycles. The summed E-state index contributed by atoms with van der Waals surface area (Å²) in [5, 5.41) is 8.02. The molecule has 0 aromatic carbocycles. The Morgan fingerprint density at radius 1 is 2.00 bits per heavy atom. The van der Waals surface area contributed by atoms with Crippen molar-refractivity contribution in [3.8, 4) is 6.07 Å². The van der Waals surface area contributed by atoms with Crippen LogP contribution in [0.2, 0.25) is 0 Å². The third-order valence-corrected chi connectivity index (χ3v) is 0.553. The molecule has 2 heteroatoms. The Bertz CT molecular complexity index is 108. The monoisotopic (exact) mass is 96.1 g/mol. The first-order chi connectivity index (χ1) is 3.31. The lowest BCUT2D eigenvalue weighted by atomic mass is 10.4. The molecule has 0 amide bonds. The van der Waals surface area contributed by atoms with E-state index in [0.717, 1.165) is 6.42 Å². The number of hydrogen-bond donors (Lipinski definition) is 1. The maximum atomic E-state index is 8.02. The van der Waals surface area contributed by atoms with Crippen molar-refractivity contribution in [3.63, 3.8) is 0 Å². The molecule has 0 spiro atoms. The van der Waals surface area contributed by atoms with E-state index in [2.05, 4.69) is 0 Å². The Labute approximate surface area is 43.2 Å². The quantitative estimate of drug-likeness (QED) is 0.490. The van der Waals surface area contributed by atoms with Gasteiger partial charge in [-0.3, -0.25) is 0 Å². The van der Waals surface area contributed by atoms with E-state index in [1.807, 2.05) is 6.92 Å². The molecule has 0 aromatic rings. The molecule has 0 aliphatic rings. The molecule has 0 unspecified atom stereocenters. The first-order valence-corrected chi connectivity index (χ1v) is 2.17. The van der Waals surface area contributed by atoms with Crippen LogP contribution in [0.3, 0.4) is 0 Å². The molecule has 0 heterocycles. The molecular formula is C5H8N2. The van der Waals surface area contributed by atoms with Crippen molar-refractivity contribution >= 4 is 0 Å². The Morgan fingerprint density at radius 3 is 2.71 bits per heavy atom. The lowest BCUT2D eigenvalue weighted by molar-refractivity contribution is 1.19. The normalized spacial score (nSPS) is 10.6. The molecule has 0 atom stereocenters. The number of rotatable bonds is 1. The molecule has 0 fully saturated rings. The van der Waals surface area contributed by atoms with Crippen LogP contribution in [-0.2, 0) is 0 Å². The number of nitrogens with two attached hydrogens (primary N) is 1. The lowest BCUT2D eigenvalue weighted by Crippen LogP contribution is -1.90. The second-order valence-electron chi connectivity index (χ2n) is 1.18. The molecule has 0 saturated carbocycles. The zero-order valence-corrected chi connectivity index (χ0v) is 4.31. The average molecular weight is 96.1 g/mol. The van der Waals surface area contributed by atoms with Crippen molar-refractivity contribution in [3.05, 3.63) is 11.8 Å². The largest absolute Gasteiger partial charge is 0.390 e. The average Bonchev–Trinajstić information content (AvgIpc) is 1.68. The third kappa shape index (κ3) is 2.84. The van der Waals surface area contributed by atoms with E-state index in [-0.39, 0.29) is 0 Å². The van der Waals surface area contributed by atoms with Gasteiger partial charge in [0.15, 0.2) is 0 Å². The van der Waals surface area contributed by atoms with Crippen LogP contribution in [0.25, 0.3) is 0 Å². The number of hydrogen-bond acceptors (Lipinski definition) is 2. The van der Waals surface area contributed by atoms with Gasteiger partial charge in [-0.1, -0.05) is 13.0 Å². The Hall–Kier alpha value is -0.970. The minimum atomic E-state index is 0.308. The summed E-state index contributed by atoms with van der Waals surface area (Å²) in [7, 11) is 0. The fourth-order valence-corrected chi connectivity index (χ4v) is 0.266. The Balaban J connectivity index is 3.57. The zero-order chi connectivity index (χ0) is 5.70. The van der Waals surface area contributed by atoms with Crippen LogP contribution in [0.5, 0.6) is 0 Å². The van der Waals surface area contributed by atoms with Crippen molar-refractivity contribution in [2.24, 2.45) is 5.73 Å². The van der Waals surface area contributed by atoms with Gasteiger partial charge in [0, 0.05) is 0 Å². The standard InChI is InChI=1S/C5H8N2/c1-2-3-5(7)4-6/h3H,2,7H2,1H3/b5-3-. The van der Waals surface area contributed by atoms with Gasteiger partial charge < -0.3 is 5.73 Å². The fraction of sp³-hybridized carbons (Fsp3) is 0.400. The van der Waals surface area contributed by atoms with Gasteiger partial charge in [-0.15, -0.1) is 0 Å². The summed E-state index contributed by atoms with van der Waals surface area (Å²) in [6.07, 6.45) is 2.51. The van der Waals surface area contributed by atoms with E-state index in [9.17, 15) is 0 Å². The molecule has 0 aliphatic carbocycles. The molecule has 0 radical (unpaired) electrons. The highest BCUT2D eigenvalue weighted by Crippen LogP contribution is 1.82.